The van der Waals surface area contributed by atoms with Crippen LogP contribution in [0.4, 0.5) is 0 Å². The van der Waals surface area contributed by atoms with Gasteiger partial charge in [0.1, 0.15) is 0 Å². The molecular weight excluding hydrogens is 204 g/mol. The van der Waals surface area contributed by atoms with Crippen LogP contribution in [0.1, 0.15) is 0 Å². The molecule has 0 amide bonds. The van der Waals surface area contributed by atoms with Crippen molar-refractivity contribution in [2.24, 2.45) is 0 Å². The van der Waals surface area contributed by atoms with E-state index in [2.05, 4.69) is 0 Å². The van der Waals surface area contributed by atoms with Crippen molar-refractivity contribution in [1.29, 1.82) is 0 Å². The minimum absolute atomic E-state index is 0. The summed E-state index contributed by atoms with van der Waals surface area (Å²) in [5.74, 6) is 0. The molecular formula is AlMgO4Y. The summed E-state index contributed by atoms with van der Waals surface area (Å²) in [6, 6.07) is 0. The van der Waals surface area contributed by atoms with Gasteiger partial charge in [-0.05, 0) is 0 Å². The zero-order valence-corrected chi connectivity index (χ0v) is 8.90. The first kappa shape index (κ1) is 125. The Kier molecular flexibility index (Phi) is 1530. The molecule has 7 heteroatoms. The van der Waals surface area contributed by atoms with Crippen LogP contribution >= 0.6 is 0 Å². The molecule has 0 bridgehead atoms. The minimum Gasteiger partial charge on any atom is -2.00 e. The molecule has 0 spiro atoms. The molecule has 0 aliphatic heterocycles. The molecule has 0 N–H and O–H groups in total. The van der Waals surface area contributed by atoms with Gasteiger partial charge < -0.3 is 21.9 Å². The van der Waals surface area contributed by atoms with Gasteiger partial charge in [-0.15, -0.1) is 0 Å². The van der Waals surface area contributed by atoms with E-state index < -0.39 is 0 Å². The Hall–Kier alpha value is 2.24. The van der Waals surface area contributed by atoms with Crippen LogP contribution in [0.15, 0.2) is 0 Å². The predicted molar refractivity (Wildman–Crippen MR) is 14.3 cm³/mol. The third kappa shape index (κ3) is 63.9. The monoisotopic (exact) mass is 204 g/mol. The van der Waals surface area contributed by atoms with Gasteiger partial charge in [-0.1, -0.05) is 0 Å². The van der Waals surface area contributed by atoms with Crippen molar-refractivity contribution < 1.29 is 54.6 Å². The van der Waals surface area contributed by atoms with Gasteiger partial charge in [-0.25, -0.2) is 0 Å². The maximum absolute atomic E-state index is 0. The molecule has 0 heterocycles. The van der Waals surface area contributed by atoms with Crippen molar-refractivity contribution >= 4 is 40.4 Å². The molecule has 0 saturated carbocycles. The van der Waals surface area contributed by atoms with Crippen LogP contribution in [0.2, 0.25) is 0 Å². The van der Waals surface area contributed by atoms with E-state index in [4.69, 9.17) is 0 Å². The fourth-order valence-corrected chi connectivity index (χ4v) is 0. The molecule has 4 nitrogen and oxygen atoms in total. The van der Waals surface area contributed by atoms with E-state index >= 15 is 0 Å². The summed E-state index contributed by atoms with van der Waals surface area (Å²) in [6.45, 7) is 0. The van der Waals surface area contributed by atoms with Crippen molar-refractivity contribution in [2.45, 2.75) is 0 Å². The van der Waals surface area contributed by atoms with Crippen LogP contribution in [0.5, 0.6) is 0 Å². The molecule has 0 aromatic carbocycles. The Bertz CT molecular complexity index is 11.7. The van der Waals surface area contributed by atoms with Gasteiger partial charge in [0.25, 0.3) is 0 Å². The molecule has 0 radical (unpaired) electrons. The van der Waals surface area contributed by atoms with Crippen LogP contribution in [0.25, 0.3) is 0 Å². The Morgan fingerprint density at radius 3 is 0.571 bits per heavy atom. The van der Waals surface area contributed by atoms with Gasteiger partial charge >= 0.3 is 73.1 Å². The largest absolute Gasteiger partial charge is 3.00 e. The van der Waals surface area contributed by atoms with E-state index in [1.807, 2.05) is 0 Å². The van der Waals surface area contributed by atoms with Crippen LogP contribution in [-0.2, 0) is 54.6 Å². The summed E-state index contributed by atoms with van der Waals surface area (Å²) in [5, 5.41) is 0. The first-order valence-electron chi connectivity index (χ1n) is 0. The normalized spacial score (nSPS) is 0. The summed E-state index contributed by atoms with van der Waals surface area (Å²) in [5.41, 5.74) is 0. The fourth-order valence-electron chi connectivity index (χ4n) is 0. The number of rotatable bonds is 0. The third-order valence-corrected chi connectivity index (χ3v) is 0. The van der Waals surface area contributed by atoms with E-state index in [0.717, 1.165) is 0 Å². The molecule has 0 saturated heterocycles. The average Bonchev–Trinajstić information content (AvgIpc) is 0. The Morgan fingerprint density at radius 1 is 0.571 bits per heavy atom. The SMILES string of the molecule is [Al+3].[Mg+2].[O-2].[O-2].[O-2].[O-2].[Y+3]. The first-order valence-corrected chi connectivity index (χ1v) is 0. The summed E-state index contributed by atoms with van der Waals surface area (Å²) in [4.78, 5) is 0. The van der Waals surface area contributed by atoms with E-state index in [1.54, 1.807) is 0 Å². The minimum atomic E-state index is 0. The topological polar surface area (TPSA) is 114 Å². The molecule has 0 fully saturated rings. The summed E-state index contributed by atoms with van der Waals surface area (Å²) in [6.07, 6.45) is 0. The number of hydrogen-bond acceptors (Lipinski definition) is 0. The van der Waals surface area contributed by atoms with Crippen LogP contribution in [0, 0.1) is 0 Å². The van der Waals surface area contributed by atoms with Crippen LogP contribution < -0.4 is 0 Å². The summed E-state index contributed by atoms with van der Waals surface area (Å²) in [7, 11) is 0. The number of hydrogen-bond donors (Lipinski definition) is 0. The Morgan fingerprint density at radius 2 is 0.571 bits per heavy atom. The van der Waals surface area contributed by atoms with Gasteiger partial charge in [0.05, 0.1) is 0 Å². The maximum atomic E-state index is 0. The van der Waals surface area contributed by atoms with Crippen molar-refractivity contribution in [2.75, 3.05) is 0 Å². The molecule has 0 atom stereocenters. The smallest absolute Gasteiger partial charge is 2.00 e. The molecule has 32 valence electrons. The predicted octanol–water partition coefficient (Wildman–Crippen LogP) is -1.24. The molecule has 0 aliphatic carbocycles. The van der Waals surface area contributed by atoms with E-state index in [9.17, 15) is 0 Å². The molecule has 0 aromatic heterocycles. The van der Waals surface area contributed by atoms with Crippen molar-refractivity contribution in [3.8, 4) is 0 Å². The van der Waals surface area contributed by atoms with E-state index in [1.165, 1.54) is 0 Å². The zero-order chi connectivity index (χ0) is 0. The molecule has 0 unspecified atom stereocenters. The van der Waals surface area contributed by atoms with Crippen molar-refractivity contribution in [3.63, 3.8) is 0 Å². The van der Waals surface area contributed by atoms with E-state index in [0.29, 0.717) is 0 Å². The Labute approximate surface area is 93.8 Å². The van der Waals surface area contributed by atoms with Crippen molar-refractivity contribution in [3.05, 3.63) is 0 Å². The molecule has 0 aromatic rings. The first-order chi connectivity index (χ1) is 0. The second kappa shape index (κ2) is 86.0. The quantitative estimate of drug-likeness (QED) is 0.439. The second-order valence-corrected chi connectivity index (χ2v) is 0. The molecule has 0 rings (SSSR count). The summed E-state index contributed by atoms with van der Waals surface area (Å²) < 4.78 is 0. The average molecular weight is 204 g/mol. The van der Waals surface area contributed by atoms with Gasteiger partial charge in [0, 0.05) is 0 Å². The van der Waals surface area contributed by atoms with Gasteiger partial charge in [-0.3, -0.25) is 0 Å². The Balaban J connectivity index is 0. The maximum Gasteiger partial charge on any atom is 3.00 e. The zero-order valence-electron chi connectivity index (χ0n) is 3.49. The van der Waals surface area contributed by atoms with Crippen molar-refractivity contribution in [1.82, 2.24) is 0 Å². The fraction of sp³-hybridized carbons (Fsp3) is 0. The third-order valence-electron chi connectivity index (χ3n) is 0. The van der Waals surface area contributed by atoms with Gasteiger partial charge in [0.2, 0.25) is 0 Å². The van der Waals surface area contributed by atoms with Crippen LogP contribution in [-0.4, -0.2) is 40.4 Å². The standard InChI is InChI=1S/Al.Mg.4O.Y/q+3;+2;4*-2;+3. The molecule has 0 aliphatic rings. The molecule has 7 heavy (non-hydrogen) atoms. The van der Waals surface area contributed by atoms with Gasteiger partial charge in [-0.2, -0.15) is 0 Å². The van der Waals surface area contributed by atoms with Crippen LogP contribution in [0.3, 0.4) is 0 Å². The van der Waals surface area contributed by atoms with Gasteiger partial charge in [0.15, 0.2) is 0 Å². The second-order valence-electron chi connectivity index (χ2n) is 0. The summed E-state index contributed by atoms with van der Waals surface area (Å²) >= 11 is 0. The van der Waals surface area contributed by atoms with E-state index in [-0.39, 0.29) is 95.0 Å².